The molecule has 18 heavy (non-hydrogen) atoms. The summed E-state index contributed by atoms with van der Waals surface area (Å²) < 4.78 is 1.10. The summed E-state index contributed by atoms with van der Waals surface area (Å²) >= 11 is 5.10. The van der Waals surface area contributed by atoms with Gasteiger partial charge in [-0.2, -0.15) is 0 Å². The second kappa shape index (κ2) is 5.73. The zero-order valence-electron chi connectivity index (χ0n) is 9.85. The Labute approximate surface area is 118 Å². The SMILES string of the molecule is CC(NCc1ccc(Br)s1)c1cc(O)ccc1O. The van der Waals surface area contributed by atoms with E-state index in [-0.39, 0.29) is 17.5 Å². The van der Waals surface area contributed by atoms with Crippen molar-refractivity contribution in [3.8, 4) is 11.5 Å². The summed E-state index contributed by atoms with van der Waals surface area (Å²) in [6.07, 6.45) is 0. The van der Waals surface area contributed by atoms with Crippen LogP contribution in [-0.2, 0) is 6.54 Å². The molecular weight excluding hydrogens is 314 g/mol. The van der Waals surface area contributed by atoms with Gasteiger partial charge in [0.25, 0.3) is 0 Å². The van der Waals surface area contributed by atoms with Crippen molar-refractivity contribution in [1.29, 1.82) is 0 Å². The highest BCUT2D eigenvalue weighted by molar-refractivity contribution is 9.11. The van der Waals surface area contributed by atoms with Crippen molar-refractivity contribution >= 4 is 27.3 Å². The Morgan fingerprint density at radius 2 is 2.06 bits per heavy atom. The number of phenols is 2. The lowest BCUT2D eigenvalue weighted by Crippen LogP contribution is -2.17. The first-order chi connectivity index (χ1) is 8.56. The fourth-order valence-electron chi connectivity index (χ4n) is 1.70. The van der Waals surface area contributed by atoms with Crippen LogP contribution in [0.15, 0.2) is 34.1 Å². The maximum absolute atomic E-state index is 9.75. The van der Waals surface area contributed by atoms with E-state index in [0.29, 0.717) is 5.56 Å². The van der Waals surface area contributed by atoms with Crippen LogP contribution in [0.1, 0.15) is 23.4 Å². The molecule has 0 saturated heterocycles. The fraction of sp³-hybridized carbons (Fsp3) is 0.231. The lowest BCUT2D eigenvalue weighted by molar-refractivity contribution is 0.441. The van der Waals surface area contributed by atoms with Gasteiger partial charge in [0.2, 0.25) is 0 Å². The van der Waals surface area contributed by atoms with E-state index in [1.54, 1.807) is 17.4 Å². The number of thiophene rings is 1. The van der Waals surface area contributed by atoms with E-state index >= 15 is 0 Å². The number of nitrogens with one attached hydrogen (secondary N) is 1. The average Bonchev–Trinajstić information content (AvgIpc) is 2.75. The normalized spacial score (nSPS) is 12.6. The number of phenolic OH excluding ortho intramolecular Hbond substituents is 2. The lowest BCUT2D eigenvalue weighted by Gasteiger charge is -2.15. The van der Waals surface area contributed by atoms with Gasteiger partial charge < -0.3 is 15.5 Å². The third kappa shape index (κ3) is 3.25. The highest BCUT2D eigenvalue weighted by Gasteiger charge is 2.11. The molecule has 3 nitrogen and oxygen atoms in total. The standard InChI is InChI=1S/C13H14BrNO2S/c1-8(11-6-9(16)2-4-12(11)17)15-7-10-3-5-13(14)18-10/h2-6,8,15-17H,7H2,1H3. The topological polar surface area (TPSA) is 52.5 Å². The van der Waals surface area contributed by atoms with Crippen LogP contribution in [0.4, 0.5) is 0 Å². The van der Waals surface area contributed by atoms with E-state index in [1.807, 2.05) is 13.0 Å². The average molecular weight is 328 g/mol. The molecule has 96 valence electrons. The van der Waals surface area contributed by atoms with Gasteiger partial charge in [-0.1, -0.05) is 0 Å². The van der Waals surface area contributed by atoms with Crippen LogP contribution in [0, 0.1) is 0 Å². The van der Waals surface area contributed by atoms with Gasteiger partial charge in [0.15, 0.2) is 0 Å². The molecule has 0 aliphatic heterocycles. The van der Waals surface area contributed by atoms with Gasteiger partial charge in [-0.3, -0.25) is 0 Å². The Bertz CT molecular complexity index is 542. The minimum Gasteiger partial charge on any atom is -0.508 e. The van der Waals surface area contributed by atoms with Crippen LogP contribution in [0.5, 0.6) is 11.5 Å². The third-order valence-electron chi connectivity index (χ3n) is 2.69. The van der Waals surface area contributed by atoms with Gasteiger partial charge in [0.05, 0.1) is 3.79 Å². The molecule has 1 aromatic carbocycles. The van der Waals surface area contributed by atoms with Crippen LogP contribution in [0.2, 0.25) is 0 Å². The number of hydrogen-bond donors (Lipinski definition) is 3. The van der Waals surface area contributed by atoms with Crippen molar-refractivity contribution in [2.24, 2.45) is 0 Å². The fourth-order valence-corrected chi connectivity index (χ4v) is 3.13. The molecule has 0 spiro atoms. The zero-order valence-corrected chi connectivity index (χ0v) is 12.3. The van der Waals surface area contributed by atoms with Gasteiger partial charge in [0, 0.05) is 23.0 Å². The molecule has 0 amide bonds. The van der Waals surface area contributed by atoms with Crippen molar-refractivity contribution in [3.63, 3.8) is 0 Å². The Morgan fingerprint density at radius 3 is 2.72 bits per heavy atom. The third-order valence-corrected chi connectivity index (χ3v) is 4.31. The molecule has 0 aliphatic rings. The maximum Gasteiger partial charge on any atom is 0.120 e. The number of hydrogen-bond acceptors (Lipinski definition) is 4. The van der Waals surface area contributed by atoms with E-state index in [2.05, 4.69) is 27.3 Å². The molecule has 3 N–H and O–H groups in total. The van der Waals surface area contributed by atoms with Crippen molar-refractivity contribution in [1.82, 2.24) is 5.32 Å². The van der Waals surface area contributed by atoms with E-state index < -0.39 is 0 Å². The summed E-state index contributed by atoms with van der Waals surface area (Å²) in [7, 11) is 0. The molecule has 1 unspecified atom stereocenters. The van der Waals surface area contributed by atoms with Crippen LogP contribution in [0.3, 0.4) is 0 Å². The summed E-state index contributed by atoms with van der Waals surface area (Å²) in [5.41, 5.74) is 0.700. The Morgan fingerprint density at radius 1 is 1.28 bits per heavy atom. The molecule has 0 fully saturated rings. The van der Waals surface area contributed by atoms with Gasteiger partial charge in [0.1, 0.15) is 11.5 Å². The van der Waals surface area contributed by atoms with Gasteiger partial charge in [-0.05, 0) is 53.2 Å². The molecule has 2 aromatic rings. The zero-order chi connectivity index (χ0) is 13.1. The van der Waals surface area contributed by atoms with Gasteiger partial charge >= 0.3 is 0 Å². The Hall–Kier alpha value is -1.04. The van der Waals surface area contributed by atoms with Gasteiger partial charge in [-0.15, -0.1) is 11.3 Å². The highest BCUT2D eigenvalue weighted by Crippen LogP contribution is 2.28. The first-order valence-electron chi connectivity index (χ1n) is 5.55. The van der Waals surface area contributed by atoms with E-state index in [0.717, 1.165) is 10.3 Å². The molecule has 0 bridgehead atoms. The van der Waals surface area contributed by atoms with Crippen LogP contribution >= 0.6 is 27.3 Å². The van der Waals surface area contributed by atoms with Crippen LogP contribution in [0.25, 0.3) is 0 Å². The minimum atomic E-state index is -0.0297. The molecule has 5 heteroatoms. The molecule has 0 saturated carbocycles. The van der Waals surface area contributed by atoms with E-state index in [4.69, 9.17) is 0 Å². The summed E-state index contributed by atoms with van der Waals surface area (Å²) in [6.45, 7) is 2.68. The molecule has 1 atom stereocenters. The molecule has 1 heterocycles. The maximum atomic E-state index is 9.75. The van der Waals surface area contributed by atoms with Crippen molar-refractivity contribution in [2.45, 2.75) is 19.5 Å². The van der Waals surface area contributed by atoms with E-state index in [1.165, 1.54) is 17.0 Å². The van der Waals surface area contributed by atoms with Crippen molar-refractivity contribution < 1.29 is 10.2 Å². The van der Waals surface area contributed by atoms with Crippen LogP contribution < -0.4 is 5.32 Å². The molecule has 1 aromatic heterocycles. The predicted molar refractivity (Wildman–Crippen MR) is 77.0 cm³/mol. The van der Waals surface area contributed by atoms with Crippen LogP contribution in [-0.4, -0.2) is 10.2 Å². The van der Waals surface area contributed by atoms with Crippen molar-refractivity contribution in [3.05, 3.63) is 44.6 Å². The number of aromatic hydroxyl groups is 2. The summed E-state index contributed by atoms with van der Waals surface area (Å²) in [4.78, 5) is 1.22. The monoisotopic (exact) mass is 327 g/mol. The van der Waals surface area contributed by atoms with E-state index in [9.17, 15) is 10.2 Å². The number of rotatable bonds is 4. The largest absolute Gasteiger partial charge is 0.508 e. The van der Waals surface area contributed by atoms with Crippen molar-refractivity contribution in [2.75, 3.05) is 0 Å². The quantitative estimate of drug-likeness (QED) is 0.749. The smallest absolute Gasteiger partial charge is 0.120 e. The predicted octanol–water partition coefficient (Wildman–Crippen LogP) is 3.77. The summed E-state index contributed by atoms with van der Waals surface area (Å²) in [6, 6.07) is 8.59. The number of benzene rings is 1. The second-order valence-electron chi connectivity index (χ2n) is 4.05. The minimum absolute atomic E-state index is 0.0297. The first kappa shape index (κ1) is 13.4. The Balaban J connectivity index is 2.03. The highest BCUT2D eigenvalue weighted by atomic mass is 79.9. The molecule has 0 aliphatic carbocycles. The molecule has 0 radical (unpaired) electrons. The second-order valence-corrected chi connectivity index (χ2v) is 6.60. The van der Waals surface area contributed by atoms with Gasteiger partial charge in [-0.25, -0.2) is 0 Å². The molecular formula is C13H14BrNO2S. The molecule has 2 rings (SSSR count). The first-order valence-corrected chi connectivity index (χ1v) is 7.16. The Kier molecular flexibility index (Phi) is 4.27. The number of halogens is 1. The summed E-state index contributed by atoms with van der Waals surface area (Å²) in [5, 5.41) is 22.5. The summed E-state index contributed by atoms with van der Waals surface area (Å²) in [5.74, 6) is 0.357. The lowest BCUT2D eigenvalue weighted by atomic mass is 10.1.